The van der Waals surface area contributed by atoms with Crippen LogP contribution in [0.3, 0.4) is 0 Å². The lowest BCUT2D eigenvalue weighted by atomic mass is 9.90. The molecule has 1 N–H and O–H groups in total. The Morgan fingerprint density at radius 2 is 1.81 bits per heavy atom. The van der Waals surface area contributed by atoms with Gasteiger partial charge in [-0.3, -0.25) is 4.79 Å². The van der Waals surface area contributed by atoms with Gasteiger partial charge in [-0.2, -0.15) is 0 Å². The average molecular weight is 364 g/mol. The van der Waals surface area contributed by atoms with Crippen molar-refractivity contribution in [3.63, 3.8) is 0 Å². The number of likely N-dealkylation sites (tertiary alicyclic amines) is 1. The van der Waals surface area contributed by atoms with E-state index in [4.69, 9.17) is 0 Å². The molecule has 0 unspecified atom stereocenters. The third-order valence-electron chi connectivity index (χ3n) is 5.80. The molecule has 0 bridgehead atoms. The number of nitrogens with zero attached hydrogens (tertiary/aromatic N) is 2. The molecule has 4 heteroatoms. The second-order valence-corrected chi connectivity index (χ2v) is 8.11. The van der Waals surface area contributed by atoms with Gasteiger partial charge in [-0.15, -0.1) is 0 Å². The number of amides is 1. The van der Waals surface area contributed by atoms with Crippen molar-refractivity contribution in [2.75, 3.05) is 18.4 Å². The zero-order valence-electron chi connectivity index (χ0n) is 16.2. The molecule has 1 aromatic heterocycles. The quantitative estimate of drug-likeness (QED) is 0.825. The van der Waals surface area contributed by atoms with Gasteiger partial charge in [0.05, 0.1) is 5.56 Å². The first-order chi connectivity index (χ1) is 13.2. The van der Waals surface area contributed by atoms with E-state index in [0.717, 1.165) is 44.1 Å². The van der Waals surface area contributed by atoms with Crippen molar-refractivity contribution in [1.82, 2.24) is 9.88 Å². The summed E-state index contributed by atoms with van der Waals surface area (Å²) in [6, 6.07) is 13.3. The highest BCUT2D eigenvalue weighted by atomic mass is 16.2. The number of rotatable bonds is 6. The van der Waals surface area contributed by atoms with Crippen molar-refractivity contribution in [1.29, 1.82) is 0 Å². The van der Waals surface area contributed by atoms with Crippen molar-refractivity contribution >= 4 is 11.7 Å². The van der Waals surface area contributed by atoms with E-state index in [1.54, 1.807) is 6.20 Å². The average Bonchev–Trinajstić information content (AvgIpc) is 3.52. The maximum absolute atomic E-state index is 12.7. The lowest BCUT2D eigenvalue weighted by Crippen LogP contribution is -2.38. The van der Waals surface area contributed by atoms with Crippen LogP contribution >= 0.6 is 0 Å². The highest BCUT2D eigenvalue weighted by molar-refractivity contribution is 5.94. The minimum absolute atomic E-state index is 0.123. The fraction of sp³-hybridized carbons (Fsp3) is 0.478. The van der Waals surface area contributed by atoms with E-state index in [2.05, 4.69) is 41.5 Å². The number of piperidine rings is 1. The van der Waals surface area contributed by atoms with Crippen LogP contribution in [0.5, 0.6) is 0 Å². The van der Waals surface area contributed by atoms with Gasteiger partial charge < -0.3 is 10.2 Å². The van der Waals surface area contributed by atoms with Crippen molar-refractivity contribution in [2.24, 2.45) is 5.92 Å². The predicted molar refractivity (Wildman–Crippen MR) is 109 cm³/mol. The number of aromatic nitrogens is 1. The van der Waals surface area contributed by atoms with Crippen LogP contribution in [0, 0.1) is 12.8 Å². The van der Waals surface area contributed by atoms with E-state index in [9.17, 15) is 4.79 Å². The van der Waals surface area contributed by atoms with E-state index in [1.165, 1.54) is 30.4 Å². The smallest absolute Gasteiger partial charge is 0.255 e. The Kier molecular flexibility index (Phi) is 5.42. The lowest BCUT2D eigenvalue weighted by molar-refractivity contribution is 0.0686. The molecule has 2 aliphatic rings. The number of aryl methyl sites for hydroxylation is 2. The number of carbonyl (C=O) groups is 1. The molecule has 1 amide bonds. The van der Waals surface area contributed by atoms with E-state index in [-0.39, 0.29) is 5.91 Å². The molecule has 2 fully saturated rings. The van der Waals surface area contributed by atoms with E-state index in [1.807, 2.05) is 17.0 Å². The molecule has 2 aromatic rings. The Morgan fingerprint density at radius 1 is 1.07 bits per heavy atom. The Labute approximate surface area is 162 Å². The van der Waals surface area contributed by atoms with Crippen molar-refractivity contribution in [3.05, 3.63) is 59.3 Å². The highest BCUT2D eigenvalue weighted by Gasteiger charge is 2.24. The minimum atomic E-state index is 0.123. The summed E-state index contributed by atoms with van der Waals surface area (Å²) in [4.78, 5) is 19.1. The van der Waals surface area contributed by atoms with Crippen LogP contribution in [0.2, 0.25) is 0 Å². The maximum atomic E-state index is 12.7. The SMILES string of the molecule is Cc1ccc(CCC2CCN(C(=O)c3ccc(NC4CC4)nc3)CC2)cc1. The number of hydrogen-bond donors (Lipinski definition) is 1. The third kappa shape index (κ3) is 4.88. The fourth-order valence-electron chi connectivity index (χ4n) is 3.78. The molecule has 142 valence electrons. The summed E-state index contributed by atoms with van der Waals surface area (Å²) in [7, 11) is 0. The van der Waals surface area contributed by atoms with Crippen LogP contribution in [0.25, 0.3) is 0 Å². The number of hydrogen-bond acceptors (Lipinski definition) is 3. The summed E-state index contributed by atoms with van der Waals surface area (Å²) < 4.78 is 0. The van der Waals surface area contributed by atoms with Gasteiger partial charge in [-0.1, -0.05) is 29.8 Å². The second-order valence-electron chi connectivity index (χ2n) is 8.11. The van der Waals surface area contributed by atoms with Gasteiger partial charge in [0.25, 0.3) is 5.91 Å². The van der Waals surface area contributed by atoms with E-state index in [0.29, 0.717) is 11.6 Å². The number of anilines is 1. The Bertz CT molecular complexity index is 757. The fourth-order valence-corrected chi connectivity index (χ4v) is 3.78. The predicted octanol–water partition coefficient (Wildman–Crippen LogP) is 4.45. The van der Waals surface area contributed by atoms with E-state index < -0.39 is 0 Å². The zero-order valence-corrected chi connectivity index (χ0v) is 16.2. The summed E-state index contributed by atoms with van der Waals surface area (Å²) in [5, 5.41) is 3.36. The van der Waals surface area contributed by atoms with Gasteiger partial charge in [0, 0.05) is 25.3 Å². The topological polar surface area (TPSA) is 45.2 Å². The lowest BCUT2D eigenvalue weighted by Gasteiger charge is -2.32. The minimum Gasteiger partial charge on any atom is -0.367 e. The van der Waals surface area contributed by atoms with Gasteiger partial charge in [0.2, 0.25) is 0 Å². The molecule has 4 rings (SSSR count). The maximum Gasteiger partial charge on any atom is 0.255 e. The molecule has 27 heavy (non-hydrogen) atoms. The monoisotopic (exact) mass is 363 g/mol. The van der Waals surface area contributed by atoms with Crippen LogP contribution in [0.1, 0.15) is 53.6 Å². The van der Waals surface area contributed by atoms with Crippen LogP contribution in [0.4, 0.5) is 5.82 Å². The third-order valence-corrected chi connectivity index (χ3v) is 5.80. The number of pyridine rings is 1. The van der Waals surface area contributed by atoms with Gasteiger partial charge in [0.15, 0.2) is 0 Å². The number of benzene rings is 1. The van der Waals surface area contributed by atoms with Crippen molar-refractivity contribution in [2.45, 2.75) is 51.5 Å². The molecule has 1 saturated carbocycles. The van der Waals surface area contributed by atoms with Gasteiger partial charge in [-0.05, 0) is 69.1 Å². The molecule has 1 saturated heterocycles. The van der Waals surface area contributed by atoms with Crippen LogP contribution in [-0.2, 0) is 6.42 Å². The molecule has 1 aromatic carbocycles. The summed E-state index contributed by atoms with van der Waals surface area (Å²) in [6.07, 6.45) is 8.73. The summed E-state index contributed by atoms with van der Waals surface area (Å²) >= 11 is 0. The normalized spacial score (nSPS) is 17.7. The molecule has 1 aliphatic carbocycles. The zero-order chi connectivity index (χ0) is 18.6. The molecule has 2 heterocycles. The van der Waals surface area contributed by atoms with Crippen LogP contribution in [0.15, 0.2) is 42.6 Å². The van der Waals surface area contributed by atoms with Crippen LogP contribution < -0.4 is 5.32 Å². The second kappa shape index (κ2) is 8.12. The Morgan fingerprint density at radius 3 is 2.44 bits per heavy atom. The van der Waals surface area contributed by atoms with Gasteiger partial charge in [0.1, 0.15) is 5.82 Å². The first kappa shape index (κ1) is 18.0. The molecular formula is C23H29N3O. The van der Waals surface area contributed by atoms with Crippen molar-refractivity contribution in [3.8, 4) is 0 Å². The highest BCUT2D eigenvalue weighted by Crippen LogP contribution is 2.25. The number of nitrogens with one attached hydrogen (secondary N) is 1. The molecule has 0 spiro atoms. The summed E-state index contributed by atoms with van der Waals surface area (Å²) in [6.45, 7) is 3.85. The Balaban J connectivity index is 1.24. The molecular weight excluding hydrogens is 334 g/mol. The number of carbonyl (C=O) groups excluding carboxylic acids is 1. The first-order valence-electron chi connectivity index (χ1n) is 10.2. The van der Waals surface area contributed by atoms with E-state index >= 15 is 0 Å². The Hall–Kier alpha value is -2.36. The standard InChI is InChI=1S/C23H29N3O/c1-17-2-4-18(5-3-17)6-7-19-12-14-26(15-13-19)23(27)20-8-11-22(24-16-20)25-21-9-10-21/h2-5,8,11,16,19,21H,6-7,9-10,12-15H2,1H3,(H,24,25). The summed E-state index contributed by atoms with van der Waals surface area (Å²) in [5.41, 5.74) is 3.44. The summed E-state index contributed by atoms with van der Waals surface area (Å²) in [5.74, 6) is 1.72. The van der Waals surface area contributed by atoms with Crippen LogP contribution in [-0.4, -0.2) is 34.9 Å². The molecule has 1 aliphatic heterocycles. The first-order valence-corrected chi connectivity index (χ1v) is 10.2. The van der Waals surface area contributed by atoms with Crippen molar-refractivity contribution < 1.29 is 4.79 Å². The largest absolute Gasteiger partial charge is 0.367 e. The molecule has 0 atom stereocenters. The van der Waals surface area contributed by atoms with Gasteiger partial charge in [-0.25, -0.2) is 4.98 Å². The van der Waals surface area contributed by atoms with Gasteiger partial charge >= 0.3 is 0 Å². The molecule has 4 nitrogen and oxygen atoms in total. The molecule has 0 radical (unpaired) electrons.